The van der Waals surface area contributed by atoms with Crippen LogP contribution in [0, 0.1) is 17.8 Å². The van der Waals surface area contributed by atoms with E-state index in [0.717, 1.165) is 23.8 Å². The molecule has 1 nitrogen and oxygen atoms in total. The molecular formula is C20H25N. The molecule has 110 valence electrons. The van der Waals surface area contributed by atoms with Crippen LogP contribution in [0.2, 0.25) is 0 Å². The van der Waals surface area contributed by atoms with E-state index in [1.54, 1.807) is 16.7 Å². The summed E-state index contributed by atoms with van der Waals surface area (Å²) in [4.78, 5) is 2.87. The van der Waals surface area contributed by atoms with E-state index in [4.69, 9.17) is 0 Å². The van der Waals surface area contributed by atoms with Crippen molar-refractivity contribution in [2.45, 2.75) is 45.1 Å². The van der Waals surface area contributed by atoms with E-state index in [2.05, 4.69) is 36.1 Å². The molecule has 5 aliphatic rings. The van der Waals surface area contributed by atoms with E-state index in [0.29, 0.717) is 0 Å². The van der Waals surface area contributed by atoms with Gasteiger partial charge in [-0.25, -0.2) is 0 Å². The smallest absolute Gasteiger partial charge is 0.0190 e. The van der Waals surface area contributed by atoms with Gasteiger partial charge in [-0.2, -0.15) is 0 Å². The van der Waals surface area contributed by atoms with Crippen molar-refractivity contribution in [2.75, 3.05) is 13.1 Å². The summed E-state index contributed by atoms with van der Waals surface area (Å²) >= 11 is 0. The lowest BCUT2D eigenvalue weighted by atomic mass is 9.64. The molecule has 1 heteroatoms. The molecule has 2 saturated heterocycles. The summed E-state index contributed by atoms with van der Waals surface area (Å²) in [7, 11) is 0. The van der Waals surface area contributed by atoms with Gasteiger partial charge in [-0.15, -0.1) is 0 Å². The topological polar surface area (TPSA) is 3.24 Å². The first-order chi connectivity index (χ1) is 10.3. The van der Waals surface area contributed by atoms with Gasteiger partial charge in [-0.3, -0.25) is 4.90 Å². The lowest BCUT2D eigenvalue weighted by Gasteiger charge is -2.54. The van der Waals surface area contributed by atoms with Gasteiger partial charge in [0.25, 0.3) is 0 Å². The minimum Gasteiger partial charge on any atom is -0.299 e. The van der Waals surface area contributed by atoms with E-state index in [1.165, 1.54) is 45.2 Å². The van der Waals surface area contributed by atoms with Crippen molar-refractivity contribution in [1.82, 2.24) is 4.90 Å². The molecule has 5 atom stereocenters. The van der Waals surface area contributed by atoms with Crippen LogP contribution in [0.4, 0.5) is 0 Å². The van der Waals surface area contributed by atoms with Crippen molar-refractivity contribution in [3.8, 4) is 0 Å². The highest BCUT2D eigenvalue weighted by Crippen LogP contribution is 2.52. The SMILES string of the molecule is CCC1CC2CC3C4=C(CCN(C2)C13)c1ccccc1C4. The number of hydrogen-bond donors (Lipinski definition) is 0. The van der Waals surface area contributed by atoms with Crippen LogP contribution < -0.4 is 0 Å². The molecule has 6 rings (SSSR count). The van der Waals surface area contributed by atoms with Gasteiger partial charge in [0.1, 0.15) is 0 Å². The maximum atomic E-state index is 2.87. The van der Waals surface area contributed by atoms with E-state index in [1.807, 2.05) is 5.57 Å². The Morgan fingerprint density at radius 3 is 3.00 bits per heavy atom. The summed E-state index contributed by atoms with van der Waals surface area (Å²) < 4.78 is 0. The predicted molar refractivity (Wildman–Crippen MR) is 87.0 cm³/mol. The summed E-state index contributed by atoms with van der Waals surface area (Å²) in [5.41, 5.74) is 6.77. The largest absolute Gasteiger partial charge is 0.299 e. The van der Waals surface area contributed by atoms with Gasteiger partial charge in [0.2, 0.25) is 0 Å². The molecule has 4 bridgehead atoms. The van der Waals surface area contributed by atoms with Crippen molar-refractivity contribution >= 4 is 5.57 Å². The molecule has 1 saturated carbocycles. The van der Waals surface area contributed by atoms with Gasteiger partial charge in [-0.1, -0.05) is 43.2 Å². The molecule has 5 unspecified atom stereocenters. The monoisotopic (exact) mass is 279 g/mol. The second kappa shape index (κ2) is 4.46. The maximum Gasteiger partial charge on any atom is 0.0190 e. The Bertz CT molecular complexity index is 614. The second-order valence-electron chi connectivity index (χ2n) is 7.69. The zero-order valence-electron chi connectivity index (χ0n) is 13.0. The Kier molecular flexibility index (Phi) is 2.65. The molecular weight excluding hydrogens is 254 g/mol. The molecule has 3 fully saturated rings. The molecule has 0 amide bonds. The zero-order valence-corrected chi connectivity index (χ0v) is 13.0. The molecule has 0 radical (unpaired) electrons. The number of piperidine rings is 2. The first kappa shape index (κ1) is 12.5. The summed E-state index contributed by atoms with van der Waals surface area (Å²) in [6, 6.07) is 10.0. The second-order valence-corrected chi connectivity index (χ2v) is 7.69. The van der Waals surface area contributed by atoms with Crippen LogP contribution in [0.5, 0.6) is 0 Å². The van der Waals surface area contributed by atoms with Crippen molar-refractivity contribution in [3.63, 3.8) is 0 Å². The quantitative estimate of drug-likeness (QED) is 0.747. The fourth-order valence-corrected chi connectivity index (χ4v) is 6.00. The van der Waals surface area contributed by atoms with Gasteiger partial charge in [-0.05, 0) is 60.1 Å². The first-order valence-corrected chi connectivity index (χ1v) is 8.89. The number of fused-ring (bicyclic) bond motifs is 3. The highest BCUT2D eigenvalue weighted by atomic mass is 15.2. The third kappa shape index (κ3) is 1.67. The third-order valence-corrected chi connectivity index (χ3v) is 6.76. The minimum absolute atomic E-state index is 0.863. The Balaban J connectivity index is 1.60. The van der Waals surface area contributed by atoms with Crippen molar-refractivity contribution in [2.24, 2.45) is 17.8 Å². The number of nitrogens with zero attached hydrogens (tertiary/aromatic N) is 1. The molecule has 0 spiro atoms. The average molecular weight is 279 g/mol. The number of benzene rings is 1. The van der Waals surface area contributed by atoms with Gasteiger partial charge >= 0.3 is 0 Å². The standard InChI is InChI=1S/C20H25N/c1-2-14-9-13-10-19-18-11-15-5-3-4-6-16(15)17(18)7-8-21(12-13)20(14)19/h3-6,13-14,19-20H,2,7-12H2,1H3. The molecule has 21 heavy (non-hydrogen) atoms. The van der Waals surface area contributed by atoms with Crippen LogP contribution in [-0.2, 0) is 6.42 Å². The van der Waals surface area contributed by atoms with Crippen LogP contribution in [-0.4, -0.2) is 24.0 Å². The van der Waals surface area contributed by atoms with Crippen LogP contribution >= 0.6 is 0 Å². The predicted octanol–water partition coefficient (Wildman–Crippen LogP) is 4.14. The number of hydrogen-bond acceptors (Lipinski definition) is 1. The Morgan fingerprint density at radius 1 is 1.19 bits per heavy atom. The fourth-order valence-electron chi connectivity index (χ4n) is 6.00. The Labute approximate surface area is 128 Å². The van der Waals surface area contributed by atoms with Gasteiger partial charge < -0.3 is 0 Å². The van der Waals surface area contributed by atoms with E-state index in [9.17, 15) is 0 Å². The van der Waals surface area contributed by atoms with E-state index >= 15 is 0 Å². The minimum atomic E-state index is 0.863. The van der Waals surface area contributed by atoms with Gasteiger partial charge in [0, 0.05) is 19.1 Å². The molecule has 1 aromatic rings. The van der Waals surface area contributed by atoms with Crippen LogP contribution in [0.25, 0.3) is 5.57 Å². The van der Waals surface area contributed by atoms with Crippen molar-refractivity contribution < 1.29 is 0 Å². The summed E-state index contributed by atoms with van der Waals surface area (Å²) in [6.07, 6.45) is 6.91. The summed E-state index contributed by atoms with van der Waals surface area (Å²) in [5, 5.41) is 0. The lowest BCUT2D eigenvalue weighted by Crippen LogP contribution is -2.57. The molecule has 0 N–H and O–H groups in total. The van der Waals surface area contributed by atoms with Crippen LogP contribution in [0.1, 0.15) is 43.7 Å². The van der Waals surface area contributed by atoms with Crippen molar-refractivity contribution in [1.29, 1.82) is 0 Å². The molecule has 1 aromatic carbocycles. The average Bonchev–Trinajstić information content (AvgIpc) is 2.86. The highest BCUT2D eigenvalue weighted by molar-refractivity contribution is 5.77. The third-order valence-electron chi connectivity index (χ3n) is 6.76. The number of rotatable bonds is 1. The Morgan fingerprint density at radius 2 is 2.10 bits per heavy atom. The molecule has 2 aliphatic carbocycles. The zero-order chi connectivity index (χ0) is 14.0. The first-order valence-electron chi connectivity index (χ1n) is 8.89. The van der Waals surface area contributed by atoms with Crippen LogP contribution in [0.15, 0.2) is 29.8 Å². The summed E-state index contributed by atoms with van der Waals surface area (Å²) in [6.45, 7) is 5.11. The highest BCUT2D eigenvalue weighted by Gasteiger charge is 2.49. The maximum absolute atomic E-state index is 2.87. The lowest BCUT2D eigenvalue weighted by molar-refractivity contribution is -0.0272. The normalized spacial score (nSPS) is 40.0. The van der Waals surface area contributed by atoms with Gasteiger partial charge in [0.05, 0.1) is 0 Å². The molecule has 3 aliphatic heterocycles. The van der Waals surface area contributed by atoms with Gasteiger partial charge in [0.15, 0.2) is 0 Å². The Hall–Kier alpha value is -1.08. The van der Waals surface area contributed by atoms with Crippen LogP contribution in [0.3, 0.4) is 0 Å². The molecule has 0 aromatic heterocycles. The van der Waals surface area contributed by atoms with Crippen molar-refractivity contribution in [3.05, 3.63) is 41.0 Å². The molecule has 3 heterocycles. The van der Waals surface area contributed by atoms with E-state index < -0.39 is 0 Å². The summed E-state index contributed by atoms with van der Waals surface area (Å²) in [5.74, 6) is 2.80. The van der Waals surface area contributed by atoms with E-state index in [-0.39, 0.29) is 0 Å². The fraction of sp³-hybridized carbons (Fsp3) is 0.600.